The molecule has 1 aliphatic carbocycles. The van der Waals surface area contributed by atoms with Gasteiger partial charge in [-0.05, 0) is 79.3 Å². The maximum absolute atomic E-state index is 12.1. The molecule has 1 unspecified atom stereocenters. The third kappa shape index (κ3) is 4.79. The lowest BCUT2D eigenvalue weighted by Crippen LogP contribution is -2.38. The van der Waals surface area contributed by atoms with Gasteiger partial charge in [0.2, 0.25) is 0 Å². The SMILES string of the molecule is CCC(C)CC1CCC(N(CC)c2sc(Br)c(C(=O)OC)c2C)CC1. The Kier molecular flexibility index (Phi) is 7.81. The fourth-order valence-electron chi connectivity index (χ4n) is 4.07. The van der Waals surface area contributed by atoms with Gasteiger partial charge in [0.15, 0.2) is 0 Å². The predicted octanol–water partition coefficient (Wildman–Crippen LogP) is 6.43. The number of esters is 1. The van der Waals surface area contributed by atoms with Crippen LogP contribution in [0.1, 0.15) is 75.2 Å². The average Bonchev–Trinajstić information content (AvgIpc) is 2.90. The molecular weight excluding hydrogens is 398 g/mol. The monoisotopic (exact) mass is 429 g/mol. The van der Waals surface area contributed by atoms with Crippen molar-refractivity contribution in [2.45, 2.75) is 72.3 Å². The van der Waals surface area contributed by atoms with Crippen LogP contribution in [-0.4, -0.2) is 25.7 Å². The Labute approximate surface area is 165 Å². The highest BCUT2D eigenvalue weighted by Crippen LogP contribution is 2.42. The van der Waals surface area contributed by atoms with Gasteiger partial charge in [-0.15, -0.1) is 11.3 Å². The molecule has 0 bridgehead atoms. The van der Waals surface area contributed by atoms with E-state index in [1.165, 1.54) is 50.6 Å². The van der Waals surface area contributed by atoms with Gasteiger partial charge in [0.1, 0.15) is 0 Å². The number of ether oxygens (including phenoxy) is 1. The minimum absolute atomic E-state index is 0.250. The molecule has 0 N–H and O–H groups in total. The van der Waals surface area contributed by atoms with Crippen molar-refractivity contribution in [1.29, 1.82) is 0 Å². The van der Waals surface area contributed by atoms with Gasteiger partial charge in [0, 0.05) is 12.6 Å². The van der Waals surface area contributed by atoms with E-state index in [1.54, 1.807) is 11.3 Å². The summed E-state index contributed by atoms with van der Waals surface area (Å²) in [7, 11) is 1.45. The number of carbonyl (C=O) groups excluding carboxylic acids is 1. The van der Waals surface area contributed by atoms with Gasteiger partial charge in [-0.1, -0.05) is 20.3 Å². The average molecular weight is 430 g/mol. The minimum Gasteiger partial charge on any atom is -0.465 e. The molecule has 0 aliphatic heterocycles. The van der Waals surface area contributed by atoms with Crippen LogP contribution in [0.15, 0.2) is 3.79 Å². The number of carbonyl (C=O) groups is 1. The van der Waals surface area contributed by atoms with Crippen molar-refractivity contribution in [1.82, 2.24) is 0 Å². The molecule has 3 nitrogen and oxygen atoms in total. The summed E-state index contributed by atoms with van der Waals surface area (Å²) in [6, 6.07) is 0.591. The molecule has 142 valence electrons. The summed E-state index contributed by atoms with van der Waals surface area (Å²) in [6.45, 7) is 9.92. The first-order valence-electron chi connectivity index (χ1n) is 9.56. The number of hydrogen-bond acceptors (Lipinski definition) is 4. The quantitative estimate of drug-likeness (QED) is 0.467. The normalized spacial score (nSPS) is 21.8. The van der Waals surface area contributed by atoms with Crippen LogP contribution >= 0.6 is 27.3 Å². The van der Waals surface area contributed by atoms with Crippen molar-refractivity contribution in [2.75, 3.05) is 18.6 Å². The second-order valence-electron chi connectivity index (χ2n) is 7.38. The fourth-order valence-corrected chi connectivity index (χ4v) is 6.15. The zero-order chi connectivity index (χ0) is 18.6. The Balaban J connectivity index is 2.10. The molecule has 0 spiro atoms. The van der Waals surface area contributed by atoms with E-state index in [0.29, 0.717) is 11.6 Å². The van der Waals surface area contributed by atoms with Crippen LogP contribution in [0.3, 0.4) is 0 Å². The zero-order valence-electron chi connectivity index (χ0n) is 16.2. The number of methoxy groups -OCH3 is 1. The lowest BCUT2D eigenvalue weighted by molar-refractivity contribution is 0.0599. The van der Waals surface area contributed by atoms with Gasteiger partial charge in [0.25, 0.3) is 0 Å². The molecule has 1 fully saturated rings. The van der Waals surface area contributed by atoms with Crippen LogP contribution < -0.4 is 4.90 Å². The topological polar surface area (TPSA) is 29.5 Å². The first-order valence-corrected chi connectivity index (χ1v) is 11.2. The zero-order valence-corrected chi connectivity index (χ0v) is 18.6. The molecule has 0 amide bonds. The van der Waals surface area contributed by atoms with Crippen molar-refractivity contribution in [3.63, 3.8) is 0 Å². The van der Waals surface area contributed by atoms with Crippen molar-refractivity contribution in [3.05, 3.63) is 14.9 Å². The van der Waals surface area contributed by atoms with Gasteiger partial charge in [-0.2, -0.15) is 0 Å². The van der Waals surface area contributed by atoms with E-state index >= 15 is 0 Å². The molecule has 1 saturated carbocycles. The van der Waals surface area contributed by atoms with E-state index in [9.17, 15) is 4.79 Å². The molecule has 25 heavy (non-hydrogen) atoms. The summed E-state index contributed by atoms with van der Waals surface area (Å²) < 4.78 is 5.84. The Morgan fingerprint density at radius 3 is 2.48 bits per heavy atom. The van der Waals surface area contributed by atoms with E-state index < -0.39 is 0 Å². The highest BCUT2D eigenvalue weighted by atomic mass is 79.9. The molecular formula is C20H32BrNO2S. The number of rotatable bonds is 7. The Morgan fingerprint density at radius 1 is 1.32 bits per heavy atom. The molecule has 1 heterocycles. The summed E-state index contributed by atoms with van der Waals surface area (Å²) in [5.41, 5.74) is 1.73. The molecule has 1 aromatic rings. The van der Waals surface area contributed by atoms with Crippen molar-refractivity contribution in [2.24, 2.45) is 11.8 Å². The third-order valence-electron chi connectivity index (χ3n) is 5.76. The van der Waals surface area contributed by atoms with Gasteiger partial charge in [-0.25, -0.2) is 4.79 Å². The summed E-state index contributed by atoms with van der Waals surface area (Å²) in [5.74, 6) is 1.49. The van der Waals surface area contributed by atoms with Crippen molar-refractivity contribution >= 4 is 38.2 Å². The maximum atomic E-state index is 12.1. The molecule has 1 aliphatic rings. The molecule has 2 rings (SSSR count). The summed E-state index contributed by atoms with van der Waals surface area (Å²) in [5, 5.41) is 1.22. The number of anilines is 1. The Bertz CT molecular complexity index is 578. The fraction of sp³-hybridized carbons (Fsp3) is 0.750. The van der Waals surface area contributed by atoms with E-state index in [-0.39, 0.29) is 5.97 Å². The molecule has 0 saturated heterocycles. The van der Waals surface area contributed by atoms with Crippen molar-refractivity contribution < 1.29 is 9.53 Å². The standard InChI is InChI=1S/C20H32BrNO2S/c1-6-13(3)12-15-8-10-16(11-9-15)22(7-2)19-14(4)17(18(21)25-19)20(23)24-5/h13,15-16H,6-12H2,1-5H3. The van der Waals surface area contributed by atoms with E-state index in [0.717, 1.165) is 27.7 Å². The lowest BCUT2D eigenvalue weighted by Gasteiger charge is -2.38. The Morgan fingerprint density at radius 2 is 1.96 bits per heavy atom. The van der Waals surface area contributed by atoms with E-state index in [1.807, 2.05) is 6.92 Å². The number of nitrogens with zero attached hydrogens (tertiary/aromatic N) is 1. The second kappa shape index (κ2) is 9.40. The number of halogens is 1. The van der Waals surface area contributed by atoms with Crippen LogP contribution in [0.5, 0.6) is 0 Å². The second-order valence-corrected chi connectivity index (χ2v) is 9.70. The first kappa shape index (κ1) is 20.8. The number of hydrogen-bond donors (Lipinski definition) is 0. The first-order chi connectivity index (χ1) is 11.9. The maximum Gasteiger partial charge on any atom is 0.340 e. The van der Waals surface area contributed by atoms with Crippen LogP contribution in [0.25, 0.3) is 0 Å². The Hall–Kier alpha value is -0.550. The highest BCUT2D eigenvalue weighted by molar-refractivity contribution is 9.11. The smallest absolute Gasteiger partial charge is 0.340 e. The summed E-state index contributed by atoms with van der Waals surface area (Å²) in [6.07, 6.45) is 7.86. The molecule has 5 heteroatoms. The molecule has 1 aromatic heterocycles. The molecule has 0 aromatic carbocycles. The van der Waals surface area contributed by atoms with Crippen LogP contribution in [0, 0.1) is 18.8 Å². The predicted molar refractivity (Wildman–Crippen MR) is 111 cm³/mol. The highest BCUT2D eigenvalue weighted by Gasteiger charge is 2.30. The summed E-state index contributed by atoms with van der Waals surface area (Å²) in [4.78, 5) is 14.6. The molecule has 0 radical (unpaired) electrons. The number of thiophene rings is 1. The van der Waals surface area contributed by atoms with Crippen LogP contribution in [0.4, 0.5) is 5.00 Å². The van der Waals surface area contributed by atoms with E-state index in [2.05, 4.69) is 41.6 Å². The van der Waals surface area contributed by atoms with Crippen LogP contribution in [-0.2, 0) is 4.74 Å². The third-order valence-corrected chi connectivity index (χ3v) is 7.76. The lowest BCUT2D eigenvalue weighted by atomic mass is 9.80. The minimum atomic E-state index is -0.250. The van der Waals surface area contributed by atoms with Crippen molar-refractivity contribution in [3.8, 4) is 0 Å². The van der Waals surface area contributed by atoms with Gasteiger partial charge in [-0.3, -0.25) is 0 Å². The van der Waals surface area contributed by atoms with E-state index in [4.69, 9.17) is 4.74 Å². The van der Waals surface area contributed by atoms with Gasteiger partial charge < -0.3 is 9.64 Å². The largest absolute Gasteiger partial charge is 0.465 e. The van der Waals surface area contributed by atoms with Gasteiger partial charge >= 0.3 is 5.97 Å². The summed E-state index contributed by atoms with van der Waals surface area (Å²) >= 11 is 5.23. The molecule has 1 atom stereocenters. The van der Waals surface area contributed by atoms with Crippen LogP contribution in [0.2, 0.25) is 0 Å². The van der Waals surface area contributed by atoms with Gasteiger partial charge in [0.05, 0.1) is 21.5 Å².